The van der Waals surface area contributed by atoms with Gasteiger partial charge in [-0.1, -0.05) is 23.2 Å². The molecule has 5 nitrogen and oxygen atoms in total. The predicted octanol–water partition coefficient (Wildman–Crippen LogP) is 2.26. The normalized spacial score (nSPS) is 12.4. The summed E-state index contributed by atoms with van der Waals surface area (Å²) >= 11 is 11.8. The van der Waals surface area contributed by atoms with Crippen LogP contribution in [0.3, 0.4) is 0 Å². The van der Waals surface area contributed by atoms with E-state index in [0.717, 1.165) is 5.56 Å². The van der Waals surface area contributed by atoms with Crippen molar-refractivity contribution in [2.45, 2.75) is 12.6 Å². The lowest BCUT2D eigenvalue weighted by Crippen LogP contribution is -2.31. The molecule has 0 saturated heterocycles. The van der Waals surface area contributed by atoms with E-state index < -0.39 is 6.10 Å². The third-order valence-electron chi connectivity index (χ3n) is 2.79. The first kappa shape index (κ1) is 16.1. The molecule has 1 atom stereocenters. The maximum absolute atomic E-state index is 9.86. The van der Waals surface area contributed by atoms with Gasteiger partial charge < -0.3 is 15.2 Å². The SMILES string of the molecule is Cn1cc(CNCC(O)COc2ccc(Cl)cc2Cl)cn1. The molecular weight excluding hydrogens is 313 g/mol. The summed E-state index contributed by atoms with van der Waals surface area (Å²) in [5.74, 6) is 0.507. The smallest absolute Gasteiger partial charge is 0.138 e. The number of aliphatic hydroxyl groups excluding tert-OH is 1. The Morgan fingerprint density at radius 2 is 2.24 bits per heavy atom. The van der Waals surface area contributed by atoms with Gasteiger partial charge in [-0.25, -0.2) is 0 Å². The molecule has 0 amide bonds. The Morgan fingerprint density at radius 3 is 2.90 bits per heavy atom. The fourth-order valence-electron chi connectivity index (χ4n) is 1.78. The molecule has 1 aromatic heterocycles. The number of nitrogens with one attached hydrogen (secondary N) is 1. The Kier molecular flexibility index (Phi) is 5.87. The Hall–Kier alpha value is -1.27. The van der Waals surface area contributed by atoms with Gasteiger partial charge >= 0.3 is 0 Å². The average molecular weight is 330 g/mol. The lowest BCUT2D eigenvalue weighted by Gasteiger charge is -2.14. The van der Waals surface area contributed by atoms with Crippen LogP contribution in [0.15, 0.2) is 30.6 Å². The second kappa shape index (κ2) is 7.66. The molecule has 1 aromatic carbocycles. The van der Waals surface area contributed by atoms with E-state index in [-0.39, 0.29) is 6.61 Å². The maximum atomic E-state index is 9.86. The molecule has 0 fully saturated rings. The summed E-state index contributed by atoms with van der Waals surface area (Å²) in [6.07, 6.45) is 3.07. The topological polar surface area (TPSA) is 59.3 Å². The maximum Gasteiger partial charge on any atom is 0.138 e. The number of benzene rings is 1. The van der Waals surface area contributed by atoms with E-state index in [1.165, 1.54) is 0 Å². The van der Waals surface area contributed by atoms with Crippen molar-refractivity contribution in [2.24, 2.45) is 7.05 Å². The van der Waals surface area contributed by atoms with Crippen molar-refractivity contribution in [3.8, 4) is 5.75 Å². The van der Waals surface area contributed by atoms with Crippen LogP contribution < -0.4 is 10.1 Å². The van der Waals surface area contributed by atoms with Crippen LogP contribution in [0.25, 0.3) is 0 Å². The second-order valence-corrected chi connectivity index (χ2v) is 5.54. The molecule has 0 spiro atoms. The number of aliphatic hydroxyl groups is 1. The third-order valence-corrected chi connectivity index (χ3v) is 3.32. The molecular formula is C14H17Cl2N3O2. The van der Waals surface area contributed by atoms with Gasteiger partial charge in [-0.3, -0.25) is 4.68 Å². The molecule has 21 heavy (non-hydrogen) atoms. The highest BCUT2D eigenvalue weighted by Gasteiger charge is 2.08. The van der Waals surface area contributed by atoms with Crippen molar-refractivity contribution in [3.05, 3.63) is 46.2 Å². The second-order valence-electron chi connectivity index (χ2n) is 4.69. The summed E-state index contributed by atoms with van der Waals surface area (Å²) in [5, 5.41) is 18.0. The van der Waals surface area contributed by atoms with Crippen LogP contribution in [0.2, 0.25) is 10.0 Å². The number of nitrogens with zero attached hydrogens (tertiary/aromatic N) is 2. The average Bonchev–Trinajstić information content (AvgIpc) is 2.83. The zero-order valence-electron chi connectivity index (χ0n) is 11.6. The van der Waals surface area contributed by atoms with Crippen molar-refractivity contribution in [1.29, 1.82) is 0 Å². The Balaban J connectivity index is 1.70. The van der Waals surface area contributed by atoms with Gasteiger partial charge in [-0.05, 0) is 18.2 Å². The van der Waals surface area contributed by atoms with Gasteiger partial charge in [-0.15, -0.1) is 0 Å². The Bertz CT molecular complexity index is 589. The van der Waals surface area contributed by atoms with Crippen LogP contribution in [0.4, 0.5) is 0 Å². The van der Waals surface area contributed by atoms with Crippen LogP contribution in [0.5, 0.6) is 5.75 Å². The lowest BCUT2D eigenvalue weighted by atomic mass is 10.3. The molecule has 7 heteroatoms. The first-order valence-corrected chi connectivity index (χ1v) is 7.24. The number of aryl methyl sites for hydroxylation is 1. The molecule has 0 aliphatic carbocycles. The first-order chi connectivity index (χ1) is 10.0. The Labute approximate surface area is 133 Å². The zero-order valence-corrected chi connectivity index (χ0v) is 13.1. The van der Waals surface area contributed by atoms with Crippen LogP contribution in [0, 0.1) is 0 Å². The first-order valence-electron chi connectivity index (χ1n) is 6.49. The summed E-state index contributed by atoms with van der Waals surface area (Å²) in [4.78, 5) is 0. The van der Waals surface area contributed by atoms with Crippen molar-refractivity contribution >= 4 is 23.2 Å². The molecule has 0 radical (unpaired) electrons. The van der Waals surface area contributed by atoms with E-state index in [1.807, 2.05) is 13.2 Å². The van der Waals surface area contributed by atoms with E-state index in [9.17, 15) is 5.11 Å². The summed E-state index contributed by atoms with van der Waals surface area (Å²) in [6, 6.07) is 4.97. The third kappa shape index (κ3) is 5.21. The summed E-state index contributed by atoms with van der Waals surface area (Å²) in [5.41, 5.74) is 1.06. The largest absolute Gasteiger partial charge is 0.489 e. The summed E-state index contributed by atoms with van der Waals surface area (Å²) in [7, 11) is 1.86. The minimum atomic E-state index is -0.631. The van der Waals surface area contributed by atoms with Crippen molar-refractivity contribution in [2.75, 3.05) is 13.2 Å². The standard InChI is InChI=1S/C14H17Cl2N3O2/c1-19-8-10(6-18-19)5-17-7-12(20)9-21-14-3-2-11(15)4-13(14)16/h2-4,6,8,12,17,20H,5,7,9H2,1H3. The molecule has 2 aromatic rings. The highest BCUT2D eigenvalue weighted by atomic mass is 35.5. The fraction of sp³-hybridized carbons (Fsp3) is 0.357. The van der Waals surface area contributed by atoms with Crippen LogP contribution >= 0.6 is 23.2 Å². The summed E-state index contributed by atoms with van der Waals surface area (Å²) in [6.45, 7) is 1.22. The number of hydrogen-bond acceptors (Lipinski definition) is 4. The molecule has 2 rings (SSSR count). The van der Waals surface area contributed by atoms with Crippen LogP contribution in [-0.4, -0.2) is 34.1 Å². The van der Waals surface area contributed by atoms with E-state index in [1.54, 1.807) is 29.1 Å². The van der Waals surface area contributed by atoms with Crippen molar-refractivity contribution < 1.29 is 9.84 Å². The fourth-order valence-corrected chi connectivity index (χ4v) is 2.25. The van der Waals surface area contributed by atoms with Gasteiger partial charge in [0, 0.05) is 36.9 Å². The molecule has 1 unspecified atom stereocenters. The number of hydrogen-bond donors (Lipinski definition) is 2. The highest BCUT2D eigenvalue weighted by molar-refractivity contribution is 6.35. The van der Waals surface area contributed by atoms with E-state index >= 15 is 0 Å². The van der Waals surface area contributed by atoms with Gasteiger partial charge in [0.05, 0.1) is 11.2 Å². The predicted molar refractivity (Wildman–Crippen MR) is 82.9 cm³/mol. The van der Waals surface area contributed by atoms with Crippen LogP contribution in [0.1, 0.15) is 5.56 Å². The Morgan fingerprint density at radius 1 is 1.43 bits per heavy atom. The molecule has 1 heterocycles. The van der Waals surface area contributed by atoms with Crippen molar-refractivity contribution in [3.63, 3.8) is 0 Å². The number of aromatic nitrogens is 2. The quantitative estimate of drug-likeness (QED) is 0.818. The van der Waals surface area contributed by atoms with E-state index in [4.69, 9.17) is 27.9 Å². The highest BCUT2D eigenvalue weighted by Crippen LogP contribution is 2.27. The number of rotatable bonds is 7. The van der Waals surface area contributed by atoms with Crippen molar-refractivity contribution in [1.82, 2.24) is 15.1 Å². The molecule has 114 valence electrons. The molecule has 2 N–H and O–H groups in total. The van der Waals surface area contributed by atoms with Gasteiger partial charge in [0.25, 0.3) is 0 Å². The van der Waals surface area contributed by atoms with Gasteiger partial charge in [-0.2, -0.15) is 5.10 Å². The van der Waals surface area contributed by atoms with Crippen LogP contribution in [-0.2, 0) is 13.6 Å². The van der Waals surface area contributed by atoms with Gasteiger partial charge in [0.2, 0.25) is 0 Å². The van der Waals surface area contributed by atoms with E-state index in [0.29, 0.717) is 28.9 Å². The van der Waals surface area contributed by atoms with Gasteiger partial charge in [0.1, 0.15) is 18.5 Å². The zero-order chi connectivity index (χ0) is 15.2. The molecule has 0 bridgehead atoms. The minimum absolute atomic E-state index is 0.154. The summed E-state index contributed by atoms with van der Waals surface area (Å²) < 4.78 is 7.20. The lowest BCUT2D eigenvalue weighted by molar-refractivity contribution is 0.106. The number of ether oxygens (including phenoxy) is 1. The minimum Gasteiger partial charge on any atom is -0.489 e. The molecule has 0 saturated carbocycles. The number of halogens is 2. The monoisotopic (exact) mass is 329 g/mol. The molecule has 0 aliphatic heterocycles. The van der Waals surface area contributed by atoms with E-state index in [2.05, 4.69) is 10.4 Å². The molecule has 0 aliphatic rings. The van der Waals surface area contributed by atoms with Gasteiger partial charge in [0.15, 0.2) is 0 Å².